The molecule has 0 spiro atoms. The topological polar surface area (TPSA) is 94.3 Å². The zero-order chi connectivity index (χ0) is 19.9. The first-order valence-electron chi connectivity index (χ1n) is 8.67. The third-order valence-electron chi connectivity index (χ3n) is 3.70. The normalized spacial score (nSPS) is 11.3. The number of nitrogens with one attached hydrogen (secondary N) is 1. The van der Waals surface area contributed by atoms with Gasteiger partial charge in [0.15, 0.2) is 0 Å². The quantitative estimate of drug-likeness (QED) is 0.232. The van der Waals surface area contributed by atoms with E-state index >= 15 is 0 Å². The molecule has 0 saturated heterocycles. The molecule has 0 radical (unpaired) electrons. The van der Waals surface area contributed by atoms with E-state index in [0.29, 0.717) is 5.16 Å². The van der Waals surface area contributed by atoms with Crippen molar-refractivity contribution in [2.45, 2.75) is 25.9 Å². The van der Waals surface area contributed by atoms with E-state index < -0.39 is 5.97 Å². The molecule has 1 heterocycles. The van der Waals surface area contributed by atoms with Crippen molar-refractivity contribution in [3.63, 3.8) is 0 Å². The maximum absolute atomic E-state index is 12.3. The zero-order valence-electron chi connectivity index (χ0n) is 15.8. The van der Waals surface area contributed by atoms with Crippen LogP contribution in [0.3, 0.4) is 0 Å². The van der Waals surface area contributed by atoms with Crippen LogP contribution in [0.5, 0.6) is 0 Å². The van der Waals surface area contributed by atoms with Crippen molar-refractivity contribution in [3.8, 4) is 5.69 Å². The molecule has 1 N–H and O–H groups in total. The summed E-state index contributed by atoms with van der Waals surface area (Å²) in [5, 5.41) is 16.5. The molecule has 0 amide bonds. The molecule has 0 unspecified atom stereocenters. The molecule has 0 aliphatic carbocycles. The standard InChI is InChI=1S/C19H20N6O2S/c1-4-27-18(26)17(21-20-15-9-5-13(2)6-10-15)28-19-22-23-24-25(19)16-11-7-14(3)8-12-16/h5-12,20H,4H2,1-3H3/b21-17+. The molecule has 3 rings (SSSR count). The summed E-state index contributed by atoms with van der Waals surface area (Å²) in [4.78, 5) is 12.3. The van der Waals surface area contributed by atoms with Crippen LogP contribution in [0.1, 0.15) is 18.1 Å². The van der Waals surface area contributed by atoms with Crippen molar-refractivity contribution in [1.82, 2.24) is 20.2 Å². The first-order chi connectivity index (χ1) is 13.6. The van der Waals surface area contributed by atoms with Gasteiger partial charge in [0.1, 0.15) is 0 Å². The highest BCUT2D eigenvalue weighted by atomic mass is 32.2. The van der Waals surface area contributed by atoms with E-state index in [4.69, 9.17) is 4.74 Å². The Morgan fingerprint density at radius 2 is 1.75 bits per heavy atom. The van der Waals surface area contributed by atoms with Crippen LogP contribution in [-0.4, -0.2) is 37.8 Å². The number of thioether (sulfide) groups is 1. The second kappa shape index (κ2) is 9.14. The number of hydrazone groups is 1. The summed E-state index contributed by atoms with van der Waals surface area (Å²) in [7, 11) is 0. The number of rotatable bonds is 5. The molecule has 8 nitrogen and oxygen atoms in total. The fraction of sp³-hybridized carbons (Fsp3) is 0.211. The SMILES string of the molecule is CCOC(=O)/C(=N\Nc1ccc(C)cc1)Sc1nnnn1-c1ccc(C)cc1. The van der Waals surface area contributed by atoms with E-state index in [-0.39, 0.29) is 11.7 Å². The van der Waals surface area contributed by atoms with Crippen LogP contribution < -0.4 is 5.43 Å². The summed E-state index contributed by atoms with van der Waals surface area (Å²) < 4.78 is 6.66. The van der Waals surface area contributed by atoms with Crippen LogP contribution in [0.15, 0.2) is 58.8 Å². The largest absolute Gasteiger partial charge is 0.461 e. The first kappa shape index (κ1) is 19.6. The molecule has 0 saturated carbocycles. The lowest BCUT2D eigenvalue weighted by molar-refractivity contribution is -0.134. The van der Waals surface area contributed by atoms with Gasteiger partial charge in [-0.15, -0.1) is 5.10 Å². The van der Waals surface area contributed by atoms with E-state index in [0.717, 1.165) is 34.3 Å². The maximum atomic E-state index is 12.3. The fourth-order valence-corrected chi connectivity index (χ4v) is 2.94. The molecule has 28 heavy (non-hydrogen) atoms. The average molecular weight is 396 g/mol. The Labute approximate surface area is 167 Å². The molecule has 0 atom stereocenters. The number of aromatic nitrogens is 4. The predicted octanol–water partition coefficient (Wildman–Crippen LogP) is 3.36. The van der Waals surface area contributed by atoms with E-state index in [1.54, 1.807) is 11.6 Å². The van der Waals surface area contributed by atoms with Crippen LogP contribution >= 0.6 is 11.8 Å². The fourth-order valence-electron chi connectivity index (χ4n) is 2.22. The summed E-state index contributed by atoms with van der Waals surface area (Å²) >= 11 is 1.03. The lowest BCUT2D eigenvalue weighted by atomic mass is 10.2. The number of nitrogens with zero attached hydrogens (tertiary/aromatic N) is 5. The van der Waals surface area contributed by atoms with E-state index in [1.807, 2.05) is 62.4 Å². The average Bonchev–Trinajstić information content (AvgIpc) is 3.15. The Morgan fingerprint density at radius 1 is 1.11 bits per heavy atom. The highest BCUT2D eigenvalue weighted by molar-refractivity contribution is 8.15. The Balaban J connectivity index is 1.85. The Kier molecular flexibility index (Phi) is 6.38. The lowest BCUT2D eigenvalue weighted by Crippen LogP contribution is -2.17. The van der Waals surface area contributed by atoms with Crippen molar-refractivity contribution >= 4 is 28.5 Å². The van der Waals surface area contributed by atoms with Gasteiger partial charge in [-0.1, -0.05) is 35.4 Å². The minimum Gasteiger partial charge on any atom is -0.461 e. The number of aryl methyl sites for hydroxylation is 2. The van der Waals surface area contributed by atoms with Gasteiger partial charge in [0.25, 0.3) is 0 Å². The van der Waals surface area contributed by atoms with Crippen molar-refractivity contribution < 1.29 is 9.53 Å². The van der Waals surface area contributed by atoms with Crippen molar-refractivity contribution in [2.24, 2.45) is 5.10 Å². The van der Waals surface area contributed by atoms with Crippen LogP contribution in [-0.2, 0) is 9.53 Å². The monoisotopic (exact) mass is 396 g/mol. The number of hydrogen-bond acceptors (Lipinski definition) is 8. The minimum absolute atomic E-state index is 0.102. The summed E-state index contributed by atoms with van der Waals surface area (Å²) in [5.41, 5.74) is 6.68. The predicted molar refractivity (Wildman–Crippen MR) is 109 cm³/mol. The third kappa shape index (κ3) is 4.95. The van der Waals surface area contributed by atoms with Gasteiger partial charge < -0.3 is 4.74 Å². The molecule has 0 aliphatic heterocycles. The number of carbonyl (C=O) groups is 1. The van der Waals surface area contributed by atoms with Gasteiger partial charge in [0.2, 0.25) is 10.2 Å². The summed E-state index contributed by atoms with van der Waals surface area (Å²) in [6, 6.07) is 15.4. The highest BCUT2D eigenvalue weighted by Gasteiger charge is 2.20. The lowest BCUT2D eigenvalue weighted by Gasteiger charge is -2.08. The van der Waals surface area contributed by atoms with Crippen LogP contribution in [0.4, 0.5) is 5.69 Å². The van der Waals surface area contributed by atoms with E-state index in [2.05, 4.69) is 26.1 Å². The molecule has 0 fully saturated rings. The molecular formula is C19H20N6O2S. The van der Waals surface area contributed by atoms with Crippen LogP contribution in [0.2, 0.25) is 0 Å². The minimum atomic E-state index is -0.550. The number of hydrogen-bond donors (Lipinski definition) is 1. The first-order valence-corrected chi connectivity index (χ1v) is 9.49. The Hall–Kier alpha value is -3.20. The van der Waals surface area contributed by atoms with Crippen LogP contribution in [0.25, 0.3) is 5.69 Å². The second-order valence-corrected chi connectivity index (χ2v) is 6.88. The number of carbonyl (C=O) groups excluding carboxylic acids is 1. The Bertz CT molecular complexity index is 967. The van der Waals surface area contributed by atoms with Gasteiger partial charge in [-0.2, -0.15) is 9.78 Å². The molecule has 144 valence electrons. The number of benzene rings is 2. The second-order valence-electron chi connectivity index (χ2n) is 5.93. The number of ether oxygens (including phenoxy) is 1. The smallest absolute Gasteiger partial charge is 0.365 e. The maximum Gasteiger partial charge on any atom is 0.365 e. The molecule has 0 aliphatic rings. The molecule has 9 heteroatoms. The summed E-state index contributed by atoms with van der Waals surface area (Å²) in [6.07, 6.45) is 0. The highest BCUT2D eigenvalue weighted by Crippen LogP contribution is 2.21. The number of tetrazole rings is 1. The summed E-state index contributed by atoms with van der Waals surface area (Å²) in [5.74, 6) is -0.550. The summed E-state index contributed by atoms with van der Waals surface area (Å²) in [6.45, 7) is 5.98. The molecule has 0 bridgehead atoms. The van der Waals surface area contributed by atoms with Gasteiger partial charge in [0.05, 0.1) is 18.0 Å². The van der Waals surface area contributed by atoms with Gasteiger partial charge in [-0.3, -0.25) is 5.43 Å². The van der Waals surface area contributed by atoms with E-state index in [1.165, 1.54) is 0 Å². The zero-order valence-corrected chi connectivity index (χ0v) is 16.6. The van der Waals surface area contributed by atoms with Gasteiger partial charge >= 0.3 is 5.97 Å². The number of anilines is 1. The molecule has 2 aromatic carbocycles. The molecule has 3 aromatic rings. The third-order valence-corrected chi connectivity index (χ3v) is 4.58. The van der Waals surface area contributed by atoms with Crippen molar-refractivity contribution in [2.75, 3.05) is 12.0 Å². The van der Waals surface area contributed by atoms with Crippen LogP contribution in [0, 0.1) is 13.8 Å². The molecule has 1 aromatic heterocycles. The van der Waals surface area contributed by atoms with Gasteiger partial charge in [-0.25, -0.2) is 4.79 Å². The molecular weight excluding hydrogens is 376 g/mol. The van der Waals surface area contributed by atoms with Crippen molar-refractivity contribution in [1.29, 1.82) is 0 Å². The Morgan fingerprint density at radius 3 is 2.39 bits per heavy atom. The van der Waals surface area contributed by atoms with Gasteiger partial charge in [0, 0.05) is 0 Å². The van der Waals surface area contributed by atoms with Crippen molar-refractivity contribution in [3.05, 3.63) is 59.7 Å². The van der Waals surface area contributed by atoms with E-state index in [9.17, 15) is 4.79 Å². The number of esters is 1. The van der Waals surface area contributed by atoms with Gasteiger partial charge in [-0.05, 0) is 67.2 Å².